The van der Waals surface area contributed by atoms with Gasteiger partial charge in [-0.2, -0.15) is 8.42 Å². The number of aromatic amines is 1. The molecule has 0 saturated heterocycles. The van der Waals surface area contributed by atoms with Crippen molar-refractivity contribution in [2.45, 2.75) is 0 Å². The van der Waals surface area contributed by atoms with Crippen molar-refractivity contribution in [3.05, 3.63) is 58.5 Å². The fourth-order valence-electron chi connectivity index (χ4n) is 1.61. The Labute approximate surface area is 120 Å². The van der Waals surface area contributed by atoms with Gasteiger partial charge in [-0.3, -0.25) is 14.3 Å². The van der Waals surface area contributed by atoms with Crippen LogP contribution in [0.1, 0.15) is 10.4 Å². The van der Waals surface area contributed by atoms with Crippen molar-refractivity contribution in [1.29, 1.82) is 0 Å². The summed E-state index contributed by atoms with van der Waals surface area (Å²) in [6.45, 7) is 0. The molecule has 8 nitrogen and oxygen atoms in total. The molecule has 1 aromatic heterocycles. The number of H-pyrrole nitrogens is 1. The fourth-order valence-corrected chi connectivity index (χ4v) is 2.07. The van der Waals surface area contributed by atoms with Crippen LogP contribution < -0.4 is 20.7 Å². The average molecular weight is 308 g/mol. The minimum atomic E-state index is -3.89. The molecule has 0 aliphatic carbocycles. The van der Waals surface area contributed by atoms with Gasteiger partial charge in [0.05, 0.1) is 5.69 Å². The van der Waals surface area contributed by atoms with E-state index < -0.39 is 21.7 Å². The summed E-state index contributed by atoms with van der Waals surface area (Å²) < 4.78 is 24.0. The number of carbonyl (C=O) groups is 1. The van der Waals surface area contributed by atoms with Crippen LogP contribution in [-0.4, -0.2) is 19.3 Å². The molecule has 2 rings (SSSR count). The number of rotatable bonds is 4. The average Bonchev–Trinajstić information content (AvgIpc) is 2.37. The van der Waals surface area contributed by atoms with E-state index in [2.05, 4.69) is 15.0 Å². The lowest BCUT2D eigenvalue weighted by Crippen LogP contribution is -2.21. The third-order valence-electron chi connectivity index (χ3n) is 2.42. The zero-order chi connectivity index (χ0) is 15.5. The van der Waals surface area contributed by atoms with Crippen LogP contribution in [0.15, 0.2) is 47.4 Å². The van der Waals surface area contributed by atoms with E-state index in [1.807, 2.05) is 0 Å². The predicted octanol–water partition coefficient (Wildman–Crippen LogP) is 0.243. The van der Waals surface area contributed by atoms with Gasteiger partial charge in [0.1, 0.15) is 0 Å². The third-order valence-corrected chi connectivity index (χ3v) is 2.94. The van der Waals surface area contributed by atoms with Gasteiger partial charge in [0, 0.05) is 23.5 Å². The molecule has 9 heteroatoms. The molecule has 110 valence electrons. The summed E-state index contributed by atoms with van der Waals surface area (Å²) in [5.41, 5.74) is 0.353. The Morgan fingerprint density at radius 1 is 1.14 bits per heavy atom. The van der Waals surface area contributed by atoms with Crippen LogP contribution >= 0.6 is 0 Å². The minimum absolute atomic E-state index is 0.184. The van der Waals surface area contributed by atoms with Gasteiger partial charge in [-0.05, 0) is 24.3 Å². The van der Waals surface area contributed by atoms with Crippen LogP contribution in [0, 0.1) is 0 Å². The van der Waals surface area contributed by atoms with Crippen molar-refractivity contribution in [3.8, 4) is 0 Å². The first-order valence-electron chi connectivity index (χ1n) is 5.74. The molecule has 0 radical (unpaired) electrons. The standard InChI is InChI=1S/C12H12N4O4S/c13-21(19,20)16-10-3-1-2-9(7-10)15-12(18)8-4-5-14-11(17)6-8/h1-7,16H,(H,14,17)(H,15,18)(H2,13,19,20). The van der Waals surface area contributed by atoms with Crippen LogP contribution in [0.2, 0.25) is 0 Å². The normalized spacial score (nSPS) is 10.9. The van der Waals surface area contributed by atoms with E-state index in [0.29, 0.717) is 5.69 Å². The molecule has 1 amide bonds. The number of nitrogens with one attached hydrogen (secondary N) is 3. The number of aromatic nitrogens is 1. The van der Waals surface area contributed by atoms with Gasteiger partial charge >= 0.3 is 0 Å². The van der Waals surface area contributed by atoms with Crippen LogP contribution in [0.3, 0.4) is 0 Å². The van der Waals surface area contributed by atoms with E-state index in [1.165, 1.54) is 24.4 Å². The number of carbonyl (C=O) groups excluding carboxylic acids is 1. The van der Waals surface area contributed by atoms with E-state index in [0.717, 1.165) is 6.07 Å². The van der Waals surface area contributed by atoms with E-state index in [1.54, 1.807) is 12.1 Å². The second-order valence-corrected chi connectivity index (χ2v) is 5.42. The Hall–Kier alpha value is -2.65. The van der Waals surface area contributed by atoms with Crippen molar-refractivity contribution < 1.29 is 13.2 Å². The topological polar surface area (TPSA) is 134 Å². The van der Waals surface area contributed by atoms with E-state index >= 15 is 0 Å². The molecule has 0 aliphatic rings. The summed E-state index contributed by atoms with van der Waals surface area (Å²) in [4.78, 5) is 25.5. The lowest BCUT2D eigenvalue weighted by molar-refractivity contribution is 0.102. The molecule has 1 aromatic carbocycles. The molecule has 0 saturated carbocycles. The molecule has 0 fully saturated rings. The molecule has 2 aromatic rings. The molecule has 5 N–H and O–H groups in total. The Balaban J connectivity index is 2.18. The smallest absolute Gasteiger partial charge is 0.296 e. The van der Waals surface area contributed by atoms with Gasteiger partial charge < -0.3 is 10.3 Å². The molecule has 0 unspecified atom stereocenters. The number of pyridine rings is 1. The van der Waals surface area contributed by atoms with Gasteiger partial charge in [-0.15, -0.1) is 0 Å². The largest absolute Gasteiger partial charge is 0.329 e. The lowest BCUT2D eigenvalue weighted by Gasteiger charge is -2.08. The number of amides is 1. The highest BCUT2D eigenvalue weighted by Crippen LogP contribution is 2.16. The van der Waals surface area contributed by atoms with Crippen LogP contribution in [-0.2, 0) is 10.2 Å². The van der Waals surface area contributed by atoms with Crippen molar-refractivity contribution in [1.82, 2.24) is 4.98 Å². The van der Waals surface area contributed by atoms with E-state index in [4.69, 9.17) is 5.14 Å². The van der Waals surface area contributed by atoms with Gasteiger partial charge in [0.25, 0.3) is 16.1 Å². The fraction of sp³-hybridized carbons (Fsp3) is 0. The van der Waals surface area contributed by atoms with Crippen LogP contribution in [0.4, 0.5) is 11.4 Å². The zero-order valence-electron chi connectivity index (χ0n) is 10.7. The Bertz CT molecular complexity index is 829. The first kappa shape index (κ1) is 14.8. The number of nitrogens with two attached hydrogens (primary N) is 1. The van der Waals surface area contributed by atoms with Crippen molar-refractivity contribution in [2.24, 2.45) is 5.14 Å². The maximum Gasteiger partial charge on any atom is 0.296 e. The van der Waals surface area contributed by atoms with Crippen molar-refractivity contribution in [3.63, 3.8) is 0 Å². The zero-order valence-corrected chi connectivity index (χ0v) is 11.5. The molecule has 0 spiro atoms. The highest BCUT2D eigenvalue weighted by molar-refractivity contribution is 7.90. The molecule has 21 heavy (non-hydrogen) atoms. The summed E-state index contributed by atoms with van der Waals surface area (Å²) in [5.74, 6) is -0.492. The number of benzene rings is 1. The monoisotopic (exact) mass is 308 g/mol. The molecular weight excluding hydrogens is 296 g/mol. The second-order valence-electron chi connectivity index (χ2n) is 4.12. The van der Waals surface area contributed by atoms with Gasteiger partial charge in [-0.25, -0.2) is 5.14 Å². The third kappa shape index (κ3) is 4.44. The predicted molar refractivity (Wildman–Crippen MR) is 78.2 cm³/mol. The summed E-state index contributed by atoms with van der Waals surface area (Å²) in [7, 11) is -3.89. The molecule has 0 bridgehead atoms. The maximum atomic E-state index is 11.9. The lowest BCUT2D eigenvalue weighted by atomic mass is 10.2. The number of hydrogen-bond acceptors (Lipinski definition) is 4. The van der Waals surface area contributed by atoms with E-state index in [9.17, 15) is 18.0 Å². The minimum Gasteiger partial charge on any atom is -0.329 e. The molecule has 0 aliphatic heterocycles. The van der Waals surface area contributed by atoms with Crippen molar-refractivity contribution in [2.75, 3.05) is 10.0 Å². The Morgan fingerprint density at radius 3 is 2.52 bits per heavy atom. The summed E-state index contributed by atoms with van der Waals surface area (Å²) in [5, 5.41) is 7.41. The molecule has 1 heterocycles. The first-order chi connectivity index (χ1) is 9.83. The summed E-state index contributed by atoms with van der Waals surface area (Å²) >= 11 is 0. The van der Waals surface area contributed by atoms with Crippen LogP contribution in [0.5, 0.6) is 0 Å². The Kier molecular flexibility index (Phi) is 4.05. The second kappa shape index (κ2) is 5.77. The van der Waals surface area contributed by atoms with Crippen LogP contribution in [0.25, 0.3) is 0 Å². The quantitative estimate of drug-likeness (QED) is 0.643. The SMILES string of the molecule is NS(=O)(=O)Nc1cccc(NC(=O)c2cc[nH]c(=O)c2)c1. The highest BCUT2D eigenvalue weighted by atomic mass is 32.2. The molecule has 0 atom stereocenters. The van der Waals surface area contributed by atoms with Gasteiger partial charge in [-0.1, -0.05) is 6.07 Å². The summed E-state index contributed by atoms with van der Waals surface area (Å²) in [6, 6.07) is 8.59. The Morgan fingerprint density at radius 2 is 1.86 bits per heavy atom. The maximum absolute atomic E-state index is 11.9. The van der Waals surface area contributed by atoms with E-state index in [-0.39, 0.29) is 11.3 Å². The van der Waals surface area contributed by atoms with Gasteiger partial charge in [0.2, 0.25) is 5.56 Å². The highest BCUT2D eigenvalue weighted by Gasteiger charge is 2.08. The first-order valence-corrected chi connectivity index (χ1v) is 7.29. The number of hydrogen-bond donors (Lipinski definition) is 4. The van der Waals surface area contributed by atoms with Crippen molar-refractivity contribution >= 4 is 27.5 Å². The summed E-state index contributed by atoms with van der Waals surface area (Å²) in [6.07, 6.45) is 1.36. The van der Waals surface area contributed by atoms with Gasteiger partial charge in [0.15, 0.2) is 0 Å². The molecular formula is C12H12N4O4S. The number of anilines is 2.